The van der Waals surface area contributed by atoms with Crippen LogP contribution in [0.15, 0.2) is 18.2 Å². The van der Waals surface area contributed by atoms with Crippen LogP contribution in [0.5, 0.6) is 5.75 Å². The summed E-state index contributed by atoms with van der Waals surface area (Å²) < 4.78 is 0. The minimum absolute atomic E-state index is 0.199. The van der Waals surface area contributed by atoms with E-state index in [0.29, 0.717) is 16.8 Å². The molecule has 1 aromatic carbocycles. The third-order valence-corrected chi connectivity index (χ3v) is 3.93. The maximum absolute atomic E-state index is 9.87. The van der Waals surface area contributed by atoms with Crippen LogP contribution in [0.4, 0.5) is 0 Å². The fraction of sp³-hybridized carbons (Fsp3) is 0.538. The Kier molecular flexibility index (Phi) is 5.82. The van der Waals surface area contributed by atoms with Gasteiger partial charge in [-0.05, 0) is 24.5 Å². The molecule has 0 fully saturated rings. The first-order valence-electron chi connectivity index (χ1n) is 5.72. The van der Waals surface area contributed by atoms with Crippen molar-refractivity contribution >= 4 is 11.8 Å². The molecule has 0 aliphatic heterocycles. The molecule has 0 saturated carbocycles. The lowest BCUT2D eigenvalue weighted by Crippen LogP contribution is -2.17. The van der Waals surface area contributed by atoms with Gasteiger partial charge in [0.15, 0.2) is 0 Å². The van der Waals surface area contributed by atoms with E-state index in [0.717, 1.165) is 17.5 Å². The SMILES string of the molecule is Cc1cccc(CC(C)SCC(O)CO)c1O. The van der Waals surface area contributed by atoms with E-state index in [1.807, 2.05) is 25.1 Å². The van der Waals surface area contributed by atoms with Gasteiger partial charge in [0.25, 0.3) is 0 Å². The molecule has 0 saturated heterocycles. The van der Waals surface area contributed by atoms with Crippen molar-refractivity contribution in [3.8, 4) is 5.75 Å². The van der Waals surface area contributed by atoms with Crippen LogP contribution >= 0.6 is 11.8 Å². The average Bonchev–Trinajstić information content (AvgIpc) is 2.32. The summed E-state index contributed by atoms with van der Waals surface area (Å²) in [6.07, 6.45) is 0.102. The molecule has 0 aromatic heterocycles. The van der Waals surface area contributed by atoms with E-state index in [4.69, 9.17) is 5.11 Å². The summed E-state index contributed by atoms with van der Waals surface area (Å²) in [7, 11) is 0. The number of para-hydroxylation sites is 1. The summed E-state index contributed by atoms with van der Waals surface area (Å²) in [5.74, 6) is 0.882. The van der Waals surface area contributed by atoms with E-state index in [-0.39, 0.29) is 6.61 Å². The Bertz CT molecular complexity index is 355. The number of phenols is 1. The van der Waals surface area contributed by atoms with Gasteiger partial charge in [0.2, 0.25) is 0 Å². The fourth-order valence-electron chi connectivity index (χ4n) is 1.58. The van der Waals surface area contributed by atoms with E-state index in [1.54, 1.807) is 11.8 Å². The lowest BCUT2D eigenvalue weighted by molar-refractivity contribution is 0.113. The highest BCUT2D eigenvalue weighted by Crippen LogP contribution is 2.26. The monoisotopic (exact) mass is 256 g/mol. The number of aryl methyl sites for hydroxylation is 1. The van der Waals surface area contributed by atoms with Gasteiger partial charge in [-0.15, -0.1) is 0 Å². The average molecular weight is 256 g/mol. The molecule has 96 valence electrons. The van der Waals surface area contributed by atoms with E-state index >= 15 is 0 Å². The lowest BCUT2D eigenvalue weighted by atomic mass is 10.1. The van der Waals surface area contributed by atoms with Crippen LogP contribution in [0.25, 0.3) is 0 Å². The molecular formula is C13H20O3S. The maximum atomic E-state index is 9.87. The molecule has 2 unspecified atom stereocenters. The van der Waals surface area contributed by atoms with Crippen molar-refractivity contribution in [2.75, 3.05) is 12.4 Å². The van der Waals surface area contributed by atoms with Gasteiger partial charge < -0.3 is 15.3 Å². The van der Waals surface area contributed by atoms with Gasteiger partial charge in [0.1, 0.15) is 5.75 Å². The molecule has 0 aliphatic carbocycles. The van der Waals surface area contributed by atoms with Crippen molar-refractivity contribution in [1.29, 1.82) is 0 Å². The van der Waals surface area contributed by atoms with Gasteiger partial charge in [-0.1, -0.05) is 25.1 Å². The van der Waals surface area contributed by atoms with E-state index in [1.165, 1.54) is 0 Å². The number of aliphatic hydroxyl groups excluding tert-OH is 2. The van der Waals surface area contributed by atoms with Gasteiger partial charge in [0.05, 0.1) is 12.7 Å². The van der Waals surface area contributed by atoms with Crippen molar-refractivity contribution in [1.82, 2.24) is 0 Å². The molecule has 3 N–H and O–H groups in total. The molecule has 17 heavy (non-hydrogen) atoms. The molecule has 0 aliphatic rings. The standard InChI is InChI=1S/C13H20O3S/c1-9-4-3-5-11(13(9)16)6-10(2)17-8-12(15)7-14/h3-5,10,12,14-16H,6-8H2,1-2H3. The number of phenolic OH excluding ortho intramolecular Hbond substituents is 1. The maximum Gasteiger partial charge on any atom is 0.121 e. The first-order valence-corrected chi connectivity index (χ1v) is 6.77. The zero-order chi connectivity index (χ0) is 12.8. The number of hydrogen-bond acceptors (Lipinski definition) is 4. The van der Waals surface area contributed by atoms with Crippen LogP contribution in [-0.2, 0) is 6.42 Å². The largest absolute Gasteiger partial charge is 0.507 e. The Morgan fingerprint density at radius 2 is 2.06 bits per heavy atom. The number of aromatic hydroxyl groups is 1. The summed E-state index contributed by atoms with van der Waals surface area (Å²) in [6, 6.07) is 5.73. The molecule has 0 spiro atoms. The Morgan fingerprint density at radius 3 is 2.71 bits per heavy atom. The second-order valence-electron chi connectivity index (χ2n) is 4.27. The molecule has 4 heteroatoms. The van der Waals surface area contributed by atoms with E-state index < -0.39 is 6.10 Å². The highest BCUT2D eigenvalue weighted by atomic mass is 32.2. The summed E-state index contributed by atoms with van der Waals surface area (Å²) in [6.45, 7) is 3.73. The van der Waals surface area contributed by atoms with Gasteiger partial charge in [-0.3, -0.25) is 0 Å². The third-order valence-electron chi connectivity index (χ3n) is 2.61. The minimum Gasteiger partial charge on any atom is -0.507 e. The Labute approximate surface area is 106 Å². The fourth-order valence-corrected chi connectivity index (χ4v) is 2.53. The summed E-state index contributed by atoms with van der Waals surface area (Å²) >= 11 is 1.60. The normalized spacial score (nSPS) is 14.6. The molecule has 3 nitrogen and oxygen atoms in total. The van der Waals surface area contributed by atoms with Crippen molar-refractivity contribution in [2.24, 2.45) is 0 Å². The number of aliphatic hydroxyl groups is 2. The first-order chi connectivity index (χ1) is 8.04. The van der Waals surface area contributed by atoms with Crippen LogP contribution in [0.2, 0.25) is 0 Å². The molecule has 0 heterocycles. The number of rotatable bonds is 6. The van der Waals surface area contributed by atoms with Crippen molar-refractivity contribution in [3.63, 3.8) is 0 Å². The number of hydrogen-bond donors (Lipinski definition) is 3. The lowest BCUT2D eigenvalue weighted by Gasteiger charge is -2.14. The molecule has 1 aromatic rings. The predicted molar refractivity (Wildman–Crippen MR) is 71.6 cm³/mol. The van der Waals surface area contributed by atoms with E-state index in [2.05, 4.69) is 6.92 Å². The van der Waals surface area contributed by atoms with Crippen molar-refractivity contribution in [2.45, 2.75) is 31.6 Å². The van der Waals surface area contributed by atoms with Crippen LogP contribution in [0.3, 0.4) is 0 Å². The van der Waals surface area contributed by atoms with Crippen molar-refractivity contribution in [3.05, 3.63) is 29.3 Å². The highest BCUT2D eigenvalue weighted by molar-refractivity contribution is 7.99. The van der Waals surface area contributed by atoms with Crippen LogP contribution in [0, 0.1) is 6.92 Å². The van der Waals surface area contributed by atoms with Gasteiger partial charge >= 0.3 is 0 Å². The predicted octanol–water partition coefficient (Wildman–Crippen LogP) is 1.72. The second kappa shape index (κ2) is 6.89. The molecule has 0 amide bonds. The third kappa shape index (κ3) is 4.58. The molecule has 2 atom stereocenters. The first kappa shape index (κ1) is 14.4. The zero-order valence-electron chi connectivity index (χ0n) is 10.3. The Morgan fingerprint density at radius 1 is 1.35 bits per heavy atom. The quantitative estimate of drug-likeness (QED) is 0.725. The molecule has 1 rings (SSSR count). The molecule has 0 bridgehead atoms. The summed E-state index contributed by atoms with van der Waals surface area (Å²) in [4.78, 5) is 0. The molecule has 0 radical (unpaired) electrons. The Balaban J connectivity index is 2.50. The second-order valence-corrected chi connectivity index (χ2v) is 5.74. The summed E-state index contributed by atoms with van der Waals surface area (Å²) in [5.41, 5.74) is 1.82. The minimum atomic E-state index is -0.659. The van der Waals surface area contributed by atoms with Gasteiger partial charge in [-0.25, -0.2) is 0 Å². The summed E-state index contributed by atoms with van der Waals surface area (Å²) in [5, 5.41) is 28.1. The molecular weight excluding hydrogens is 236 g/mol. The zero-order valence-corrected chi connectivity index (χ0v) is 11.1. The van der Waals surface area contributed by atoms with Gasteiger partial charge in [-0.2, -0.15) is 11.8 Å². The Hall–Kier alpha value is -0.710. The van der Waals surface area contributed by atoms with Crippen LogP contribution in [-0.4, -0.2) is 39.0 Å². The smallest absolute Gasteiger partial charge is 0.121 e. The van der Waals surface area contributed by atoms with Crippen LogP contribution in [0.1, 0.15) is 18.1 Å². The number of benzene rings is 1. The van der Waals surface area contributed by atoms with Gasteiger partial charge in [0, 0.05) is 11.0 Å². The van der Waals surface area contributed by atoms with E-state index in [9.17, 15) is 10.2 Å². The topological polar surface area (TPSA) is 60.7 Å². The van der Waals surface area contributed by atoms with Crippen LogP contribution < -0.4 is 0 Å². The van der Waals surface area contributed by atoms with Crippen molar-refractivity contribution < 1.29 is 15.3 Å². The highest BCUT2D eigenvalue weighted by Gasteiger charge is 2.11. The number of thioether (sulfide) groups is 1.